The zero-order valence-corrected chi connectivity index (χ0v) is 17.6. The molecule has 150 valence electrons. The van der Waals surface area contributed by atoms with E-state index in [0.29, 0.717) is 16.2 Å². The van der Waals surface area contributed by atoms with E-state index in [2.05, 4.69) is 0 Å². The van der Waals surface area contributed by atoms with Crippen LogP contribution in [0.2, 0.25) is 5.02 Å². The van der Waals surface area contributed by atoms with Crippen LogP contribution in [0, 0.1) is 0 Å². The molecule has 3 aromatic carbocycles. The Morgan fingerprint density at radius 2 is 1.40 bits per heavy atom. The van der Waals surface area contributed by atoms with Crippen molar-refractivity contribution in [2.45, 2.75) is 25.8 Å². The Kier molecular flexibility index (Phi) is 5.56. The monoisotopic (exact) mass is 415 g/mol. The van der Waals surface area contributed by atoms with E-state index >= 15 is 0 Å². The molecule has 0 aromatic heterocycles. The zero-order valence-electron chi connectivity index (χ0n) is 16.9. The van der Waals surface area contributed by atoms with Crippen LogP contribution in [0.4, 0.5) is 5.69 Å². The molecule has 2 unspecified atom stereocenters. The van der Waals surface area contributed by atoms with E-state index in [0.717, 1.165) is 16.9 Å². The highest BCUT2D eigenvalue weighted by Crippen LogP contribution is 2.45. The van der Waals surface area contributed by atoms with Crippen molar-refractivity contribution in [3.05, 3.63) is 112 Å². The van der Waals surface area contributed by atoms with Crippen molar-refractivity contribution in [3.63, 3.8) is 0 Å². The second kappa shape index (κ2) is 8.29. The predicted molar refractivity (Wildman–Crippen MR) is 121 cm³/mol. The number of halogens is 1. The summed E-state index contributed by atoms with van der Waals surface area (Å²) < 4.78 is 0. The standard InChI is InChI=1S/C26H22ClNO2/c1-17-23(18(2)29)24(19-9-5-3-6-10-19)25(28(17)22-11-7-4-8-12-22)26(30)20-13-15-21(27)16-14-20/h3-16,24-25H,1-2H3. The number of rotatable bonds is 5. The minimum Gasteiger partial charge on any atom is -0.333 e. The number of para-hydroxylation sites is 1. The Balaban J connectivity index is 1.92. The van der Waals surface area contributed by atoms with Crippen molar-refractivity contribution in [1.29, 1.82) is 0 Å². The lowest BCUT2D eigenvalue weighted by molar-refractivity contribution is -0.113. The van der Waals surface area contributed by atoms with Gasteiger partial charge in [0.05, 0.1) is 0 Å². The molecule has 0 saturated carbocycles. The van der Waals surface area contributed by atoms with Crippen LogP contribution in [0.25, 0.3) is 0 Å². The maximum absolute atomic E-state index is 13.8. The lowest BCUT2D eigenvalue weighted by Crippen LogP contribution is -2.40. The summed E-state index contributed by atoms with van der Waals surface area (Å²) in [6.45, 7) is 3.50. The Hall–Kier alpha value is -3.17. The first-order valence-electron chi connectivity index (χ1n) is 9.89. The molecule has 0 spiro atoms. The molecule has 1 aliphatic heterocycles. The smallest absolute Gasteiger partial charge is 0.186 e. The predicted octanol–water partition coefficient (Wildman–Crippen LogP) is 6.06. The van der Waals surface area contributed by atoms with Gasteiger partial charge in [-0.25, -0.2) is 0 Å². The molecular weight excluding hydrogens is 394 g/mol. The first kappa shape index (κ1) is 20.1. The Bertz CT molecular complexity index is 1100. The second-order valence-corrected chi connectivity index (χ2v) is 7.90. The van der Waals surface area contributed by atoms with Gasteiger partial charge in [-0.2, -0.15) is 0 Å². The first-order valence-corrected chi connectivity index (χ1v) is 10.3. The normalized spacial score (nSPS) is 18.6. The van der Waals surface area contributed by atoms with Gasteiger partial charge >= 0.3 is 0 Å². The molecule has 0 aliphatic carbocycles. The molecule has 3 aromatic rings. The van der Waals surface area contributed by atoms with Crippen molar-refractivity contribution in [2.24, 2.45) is 0 Å². The van der Waals surface area contributed by atoms with Crippen molar-refractivity contribution < 1.29 is 9.59 Å². The van der Waals surface area contributed by atoms with Gasteiger partial charge in [0.2, 0.25) is 0 Å². The molecule has 2 atom stereocenters. The lowest BCUT2D eigenvalue weighted by Gasteiger charge is -2.31. The van der Waals surface area contributed by atoms with Gasteiger partial charge in [0, 0.05) is 33.5 Å². The number of Topliss-reactive ketones (excluding diaryl/α,β-unsaturated/α-hetero) is 2. The molecule has 3 nitrogen and oxygen atoms in total. The van der Waals surface area contributed by atoms with Crippen molar-refractivity contribution in [1.82, 2.24) is 0 Å². The minimum absolute atomic E-state index is 0.0197. The molecule has 0 amide bonds. The van der Waals surface area contributed by atoms with Crippen molar-refractivity contribution in [3.8, 4) is 0 Å². The summed E-state index contributed by atoms with van der Waals surface area (Å²) in [5, 5.41) is 0.580. The third-order valence-electron chi connectivity index (χ3n) is 5.63. The van der Waals surface area contributed by atoms with E-state index in [1.807, 2.05) is 72.5 Å². The Morgan fingerprint density at radius 1 is 0.833 bits per heavy atom. The van der Waals surface area contributed by atoms with Crippen molar-refractivity contribution in [2.75, 3.05) is 4.90 Å². The fraction of sp³-hybridized carbons (Fsp3) is 0.154. The molecular formula is C26H22ClNO2. The summed E-state index contributed by atoms with van der Waals surface area (Å²) in [5.41, 5.74) is 3.91. The maximum atomic E-state index is 13.8. The third kappa shape index (κ3) is 3.57. The molecule has 30 heavy (non-hydrogen) atoms. The Morgan fingerprint density at radius 3 is 1.97 bits per heavy atom. The topological polar surface area (TPSA) is 37.4 Å². The molecule has 0 bridgehead atoms. The van der Waals surface area contributed by atoms with Crippen LogP contribution < -0.4 is 4.90 Å². The second-order valence-electron chi connectivity index (χ2n) is 7.47. The van der Waals surface area contributed by atoms with Gasteiger partial charge in [0.25, 0.3) is 0 Å². The average Bonchev–Trinajstić information content (AvgIpc) is 3.08. The summed E-state index contributed by atoms with van der Waals surface area (Å²) in [6, 6.07) is 25.9. The van der Waals surface area contributed by atoms with E-state index in [9.17, 15) is 9.59 Å². The fourth-order valence-electron chi connectivity index (χ4n) is 4.35. The molecule has 4 heteroatoms. The average molecular weight is 416 g/mol. The van der Waals surface area contributed by atoms with Crippen LogP contribution in [-0.4, -0.2) is 17.6 Å². The van der Waals surface area contributed by atoms with Gasteiger partial charge in [-0.05, 0) is 55.8 Å². The molecule has 4 rings (SSSR count). The number of carbonyl (C=O) groups is 2. The molecule has 0 saturated heterocycles. The molecule has 1 aliphatic rings. The number of benzene rings is 3. The highest BCUT2D eigenvalue weighted by Gasteiger charge is 2.46. The van der Waals surface area contributed by atoms with Crippen molar-refractivity contribution >= 4 is 28.9 Å². The lowest BCUT2D eigenvalue weighted by atomic mass is 9.82. The van der Waals surface area contributed by atoms with E-state index in [4.69, 9.17) is 11.6 Å². The number of allylic oxidation sites excluding steroid dienone is 1. The van der Waals surface area contributed by atoms with E-state index < -0.39 is 6.04 Å². The van der Waals surface area contributed by atoms with Crippen LogP contribution in [0.1, 0.15) is 35.7 Å². The number of nitrogens with zero attached hydrogens (tertiary/aromatic N) is 1. The fourth-order valence-corrected chi connectivity index (χ4v) is 4.48. The highest BCUT2D eigenvalue weighted by atomic mass is 35.5. The minimum atomic E-state index is -0.560. The van der Waals surface area contributed by atoms with Crippen LogP contribution in [0.3, 0.4) is 0 Å². The van der Waals surface area contributed by atoms with Gasteiger partial charge in [0.15, 0.2) is 11.6 Å². The number of hydrogen-bond donors (Lipinski definition) is 0. The van der Waals surface area contributed by atoms with Crippen LogP contribution in [-0.2, 0) is 4.79 Å². The van der Waals surface area contributed by atoms with Crippen LogP contribution >= 0.6 is 11.6 Å². The number of ketones is 2. The summed E-state index contributed by atoms with van der Waals surface area (Å²) in [6.07, 6.45) is 0. The van der Waals surface area contributed by atoms with Crippen LogP contribution in [0.15, 0.2) is 96.2 Å². The molecule has 0 N–H and O–H groups in total. The first-order chi connectivity index (χ1) is 14.5. The highest BCUT2D eigenvalue weighted by molar-refractivity contribution is 6.30. The number of hydrogen-bond acceptors (Lipinski definition) is 3. The molecule has 1 heterocycles. The van der Waals surface area contributed by atoms with Gasteiger partial charge in [-0.3, -0.25) is 9.59 Å². The van der Waals surface area contributed by atoms with Gasteiger partial charge < -0.3 is 4.90 Å². The van der Waals surface area contributed by atoms with E-state index in [1.54, 1.807) is 31.2 Å². The van der Waals surface area contributed by atoms with E-state index in [1.165, 1.54) is 0 Å². The number of carbonyl (C=O) groups excluding carboxylic acids is 2. The Labute approximate surface area is 181 Å². The SMILES string of the molecule is CC(=O)C1=C(C)N(c2ccccc2)C(C(=O)c2ccc(Cl)cc2)C1c1ccccc1. The molecule has 0 fully saturated rings. The summed E-state index contributed by atoms with van der Waals surface area (Å²) in [5.74, 6) is -0.416. The maximum Gasteiger partial charge on any atom is 0.186 e. The molecule has 0 radical (unpaired) electrons. The van der Waals surface area contributed by atoms with E-state index in [-0.39, 0.29) is 17.5 Å². The largest absolute Gasteiger partial charge is 0.333 e. The summed E-state index contributed by atoms with van der Waals surface area (Å²) >= 11 is 6.04. The van der Waals surface area contributed by atoms with Gasteiger partial charge in [-0.1, -0.05) is 60.1 Å². The summed E-state index contributed by atoms with van der Waals surface area (Å²) in [7, 11) is 0. The number of anilines is 1. The van der Waals surface area contributed by atoms with Gasteiger partial charge in [0.1, 0.15) is 6.04 Å². The van der Waals surface area contributed by atoms with Crippen LogP contribution in [0.5, 0.6) is 0 Å². The summed E-state index contributed by atoms with van der Waals surface area (Å²) in [4.78, 5) is 28.6. The van der Waals surface area contributed by atoms with Gasteiger partial charge in [-0.15, -0.1) is 0 Å². The quantitative estimate of drug-likeness (QED) is 0.475. The zero-order chi connectivity index (χ0) is 21.3. The third-order valence-corrected chi connectivity index (χ3v) is 5.88.